The van der Waals surface area contributed by atoms with Crippen LogP contribution in [0.5, 0.6) is 0 Å². The first-order valence-electron chi connectivity index (χ1n) is 11.9. The van der Waals surface area contributed by atoms with E-state index in [4.69, 9.17) is 15.2 Å². The number of aliphatic imine (C=N–C) groups is 2. The Bertz CT molecular complexity index is 1040. The fraction of sp³-hybridized carbons (Fsp3) is 0.500. The second-order valence-electron chi connectivity index (χ2n) is 8.18. The number of esters is 2. The predicted molar refractivity (Wildman–Crippen MR) is 136 cm³/mol. The first-order chi connectivity index (χ1) is 17.3. The number of nitrogens with one attached hydrogen (secondary N) is 2. The standard InChI is InChI=1S/C24H31N5O6S/c1-3-34-18(30)12-11-17(23(33)35-4-2)27-21(31)15-8-5-14(6-9-15)7-10-16-13-26-20-19(36-16)22(32)29-24(25)28-20/h5-6,8-9,16-17,19H,3-4,7,10-13H2,1-2H3,(H,27,31)(H3,25,26,28,29,32)/t16?,17-,19?/m0/s1. The molecular weight excluding hydrogens is 486 g/mol. The molecule has 2 amide bonds. The number of thioether (sulfide) groups is 1. The molecule has 0 saturated carbocycles. The van der Waals surface area contributed by atoms with Crippen LogP contribution in [0.2, 0.25) is 0 Å². The van der Waals surface area contributed by atoms with E-state index in [-0.39, 0.29) is 43.2 Å². The molecular formula is C24H31N5O6S. The highest BCUT2D eigenvalue weighted by atomic mass is 32.2. The molecule has 0 aromatic heterocycles. The van der Waals surface area contributed by atoms with Crippen LogP contribution in [-0.2, 0) is 30.3 Å². The molecule has 0 fully saturated rings. The molecule has 3 rings (SSSR count). The Balaban J connectivity index is 1.53. The first kappa shape index (κ1) is 27.2. The van der Waals surface area contributed by atoms with E-state index in [0.29, 0.717) is 17.9 Å². The van der Waals surface area contributed by atoms with Crippen molar-refractivity contribution < 1.29 is 28.7 Å². The normalized spacial score (nSPS) is 19.7. The number of hydrogen-bond donors (Lipinski definition) is 3. The van der Waals surface area contributed by atoms with Gasteiger partial charge in [-0.1, -0.05) is 12.1 Å². The van der Waals surface area contributed by atoms with Crippen molar-refractivity contribution in [2.45, 2.75) is 56.1 Å². The van der Waals surface area contributed by atoms with Gasteiger partial charge in [0, 0.05) is 17.2 Å². The summed E-state index contributed by atoms with van der Waals surface area (Å²) in [5, 5.41) is 4.90. The molecule has 1 aromatic carbocycles. The molecule has 0 spiro atoms. The minimum Gasteiger partial charge on any atom is -0.466 e. The molecule has 12 heteroatoms. The van der Waals surface area contributed by atoms with Crippen LogP contribution in [0, 0.1) is 0 Å². The summed E-state index contributed by atoms with van der Waals surface area (Å²) in [5.74, 6) is -1.12. The van der Waals surface area contributed by atoms with Crippen molar-refractivity contribution in [3.63, 3.8) is 0 Å². The molecule has 2 heterocycles. The van der Waals surface area contributed by atoms with Gasteiger partial charge in [-0.25, -0.2) is 4.79 Å². The van der Waals surface area contributed by atoms with Crippen LogP contribution < -0.4 is 16.4 Å². The van der Waals surface area contributed by atoms with Crippen molar-refractivity contribution in [1.82, 2.24) is 10.6 Å². The van der Waals surface area contributed by atoms with Gasteiger partial charge in [-0.2, -0.15) is 4.99 Å². The highest BCUT2D eigenvalue weighted by Gasteiger charge is 2.35. The number of benzene rings is 1. The van der Waals surface area contributed by atoms with E-state index >= 15 is 0 Å². The lowest BCUT2D eigenvalue weighted by Gasteiger charge is -2.28. The molecule has 0 bridgehead atoms. The van der Waals surface area contributed by atoms with E-state index in [1.807, 2.05) is 12.1 Å². The Hall–Kier alpha value is -3.41. The molecule has 11 nitrogen and oxygen atoms in total. The number of rotatable bonds is 11. The van der Waals surface area contributed by atoms with Crippen LogP contribution in [0.3, 0.4) is 0 Å². The van der Waals surface area contributed by atoms with Gasteiger partial charge in [0.2, 0.25) is 11.9 Å². The maximum absolute atomic E-state index is 12.7. The highest BCUT2D eigenvalue weighted by Crippen LogP contribution is 2.29. The minimum atomic E-state index is -0.952. The smallest absolute Gasteiger partial charge is 0.328 e. The molecule has 0 aliphatic carbocycles. The quantitative estimate of drug-likeness (QED) is 0.366. The van der Waals surface area contributed by atoms with Gasteiger partial charge < -0.3 is 20.5 Å². The number of carbonyl (C=O) groups is 4. The summed E-state index contributed by atoms with van der Waals surface area (Å²) < 4.78 is 9.93. The third-order valence-corrected chi connectivity index (χ3v) is 7.00. The molecule has 0 saturated heterocycles. The molecule has 0 radical (unpaired) electrons. The van der Waals surface area contributed by atoms with Crippen molar-refractivity contribution >= 4 is 47.3 Å². The van der Waals surface area contributed by atoms with Crippen molar-refractivity contribution in [3.05, 3.63) is 35.4 Å². The molecule has 36 heavy (non-hydrogen) atoms. The number of hydrogen-bond acceptors (Lipinski definition) is 10. The number of carbonyl (C=O) groups excluding carboxylic acids is 4. The maximum atomic E-state index is 12.7. The summed E-state index contributed by atoms with van der Waals surface area (Å²) in [6.07, 6.45) is 1.62. The Morgan fingerprint density at radius 2 is 1.92 bits per heavy atom. The van der Waals surface area contributed by atoms with Crippen LogP contribution in [0.15, 0.2) is 34.3 Å². The zero-order chi connectivity index (χ0) is 26.1. The molecule has 4 N–H and O–H groups in total. The third-order valence-electron chi connectivity index (χ3n) is 5.53. The van der Waals surface area contributed by atoms with E-state index in [1.54, 1.807) is 26.0 Å². The molecule has 2 aliphatic heterocycles. The maximum Gasteiger partial charge on any atom is 0.328 e. The van der Waals surface area contributed by atoms with Gasteiger partial charge in [-0.3, -0.25) is 24.7 Å². The molecule has 3 atom stereocenters. The van der Waals surface area contributed by atoms with E-state index < -0.39 is 29.1 Å². The van der Waals surface area contributed by atoms with Crippen LogP contribution in [0.25, 0.3) is 0 Å². The highest BCUT2D eigenvalue weighted by molar-refractivity contribution is 8.02. The number of amidine groups is 1. The second kappa shape index (κ2) is 13.1. The number of guanidine groups is 1. The Kier molecular flexibility index (Phi) is 9.86. The largest absolute Gasteiger partial charge is 0.466 e. The predicted octanol–water partition coefficient (Wildman–Crippen LogP) is 0.951. The van der Waals surface area contributed by atoms with Crippen LogP contribution in [0.1, 0.15) is 49.0 Å². The lowest BCUT2D eigenvalue weighted by Crippen LogP contribution is -2.51. The molecule has 1 aromatic rings. The van der Waals surface area contributed by atoms with Crippen molar-refractivity contribution in [2.24, 2.45) is 15.7 Å². The summed E-state index contributed by atoms with van der Waals surface area (Å²) >= 11 is 1.53. The Morgan fingerprint density at radius 1 is 1.19 bits per heavy atom. The summed E-state index contributed by atoms with van der Waals surface area (Å²) in [5.41, 5.74) is 7.00. The van der Waals surface area contributed by atoms with Crippen molar-refractivity contribution in [1.29, 1.82) is 0 Å². The zero-order valence-electron chi connectivity index (χ0n) is 20.3. The van der Waals surface area contributed by atoms with Gasteiger partial charge in [0.05, 0.1) is 19.8 Å². The molecule has 194 valence electrons. The number of nitrogens with zero attached hydrogens (tertiary/aromatic N) is 2. The Labute approximate surface area is 213 Å². The summed E-state index contributed by atoms with van der Waals surface area (Å²) in [6.45, 7) is 4.34. The summed E-state index contributed by atoms with van der Waals surface area (Å²) in [4.78, 5) is 57.3. The zero-order valence-corrected chi connectivity index (χ0v) is 21.1. The van der Waals surface area contributed by atoms with Crippen LogP contribution in [0.4, 0.5) is 0 Å². The lowest BCUT2D eigenvalue weighted by molar-refractivity contribution is -0.146. The van der Waals surface area contributed by atoms with Crippen molar-refractivity contribution in [3.8, 4) is 0 Å². The number of amides is 2. The number of nitrogens with two attached hydrogens (primary N) is 1. The fourth-order valence-corrected chi connectivity index (χ4v) is 4.96. The van der Waals surface area contributed by atoms with Crippen LogP contribution >= 0.6 is 11.8 Å². The SMILES string of the molecule is CCOC(=O)CC[C@H](NC(=O)c1ccc(CCC2CN=C3N=C(N)NC(=O)C3S2)cc1)C(=O)OCC. The molecule has 2 aliphatic rings. The average molecular weight is 518 g/mol. The van der Waals surface area contributed by atoms with E-state index in [1.165, 1.54) is 11.8 Å². The van der Waals surface area contributed by atoms with Gasteiger partial charge in [-0.05, 0) is 50.8 Å². The van der Waals surface area contributed by atoms with Gasteiger partial charge >= 0.3 is 11.9 Å². The third kappa shape index (κ3) is 7.54. The Morgan fingerprint density at radius 3 is 2.61 bits per heavy atom. The summed E-state index contributed by atoms with van der Waals surface area (Å²) in [6, 6.07) is 6.14. The first-order valence-corrected chi connectivity index (χ1v) is 12.8. The minimum absolute atomic E-state index is 0.0104. The number of ether oxygens (including phenoxy) is 2. The van der Waals surface area contributed by atoms with E-state index in [9.17, 15) is 19.2 Å². The topological polar surface area (TPSA) is 162 Å². The monoisotopic (exact) mass is 517 g/mol. The fourth-order valence-electron chi connectivity index (χ4n) is 3.73. The van der Waals surface area contributed by atoms with E-state index in [2.05, 4.69) is 20.6 Å². The van der Waals surface area contributed by atoms with E-state index in [0.717, 1.165) is 18.4 Å². The number of aryl methyl sites for hydroxylation is 1. The van der Waals surface area contributed by atoms with Gasteiger partial charge in [-0.15, -0.1) is 11.8 Å². The van der Waals surface area contributed by atoms with Crippen molar-refractivity contribution in [2.75, 3.05) is 19.8 Å². The summed E-state index contributed by atoms with van der Waals surface area (Å²) in [7, 11) is 0. The lowest BCUT2D eigenvalue weighted by atomic mass is 10.0. The molecule has 2 unspecified atom stereocenters. The average Bonchev–Trinajstić information content (AvgIpc) is 2.85. The van der Waals surface area contributed by atoms with Gasteiger partial charge in [0.15, 0.2) is 0 Å². The second-order valence-corrected chi connectivity index (χ2v) is 9.59. The van der Waals surface area contributed by atoms with Gasteiger partial charge in [0.25, 0.3) is 5.91 Å². The number of fused-ring (bicyclic) bond motifs is 1. The van der Waals surface area contributed by atoms with Crippen LogP contribution in [-0.4, -0.2) is 71.8 Å². The van der Waals surface area contributed by atoms with Gasteiger partial charge in [0.1, 0.15) is 17.1 Å².